The molecule has 0 aliphatic carbocycles. The van der Waals surface area contributed by atoms with Crippen LogP contribution in [0.5, 0.6) is 0 Å². The van der Waals surface area contributed by atoms with Crippen molar-refractivity contribution in [1.82, 2.24) is 29.9 Å². The minimum Gasteiger partial charge on any atom is -0.456 e. The second-order valence-corrected chi connectivity index (χ2v) is 17.4. The van der Waals surface area contributed by atoms with Crippen molar-refractivity contribution in [3.8, 4) is 68.3 Å². The molecule has 65 heavy (non-hydrogen) atoms. The van der Waals surface area contributed by atoms with E-state index in [4.69, 9.17) is 34.3 Å². The second kappa shape index (κ2) is 15.2. The standard InChI is InChI=1S/C56H35N7OS/c1-4-16-34(17-5-1)51-58-54(60-55(59-51)38-29-31-47-42(32-38)39-22-11-14-26-46(39)64-47)37-28-30-45(63-44-25-13-10-23-40(44)50-49(63)41-24-12-15-27-48(41)65-50)43(33-37)56-61-52(35-18-6-2-7-19-35)57-53(62-56)36-20-8-3-9-21-36/h1-33,49-50H. The molecule has 2 atom stereocenters. The minimum absolute atomic E-state index is 0.0459. The Morgan fingerprint density at radius 2 is 0.862 bits per heavy atom. The van der Waals surface area contributed by atoms with Crippen molar-refractivity contribution in [2.45, 2.75) is 16.2 Å². The molecular weight excluding hydrogens is 819 g/mol. The van der Waals surface area contributed by atoms with E-state index in [1.807, 2.05) is 133 Å². The largest absolute Gasteiger partial charge is 0.456 e. The van der Waals surface area contributed by atoms with Crippen LogP contribution < -0.4 is 4.90 Å². The fourth-order valence-corrected chi connectivity index (χ4v) is 10.8. The Morgan fingerprint density at radius 1 is 0.369 bits per heavy atom. The van der Waals surface area contributed by atoms with Gasteiger partial charge in [-0.05, 0) is 65.7 Å². The molecule has 9 heteroatoms. The number of rotatable bonds is 7. The van der Waals surface area contributed by atoms with Crippen molar-refractivity contribution in [1.29, 1.82) is 0 Å². The van der Waals surface area contributed by atoms with Gasteiger partial charge in [-0.3, -0.25) is 0 Å². The number of nitrogens with zero attached hydrogens (tertiary/aromatic N) is 7. The van der Waals surface area contributed by atoms with Gasteiger partial charge in [0.25, 0.3) is 0 Å². The van der Waals surface area contributed by atoms with Gasteiger partial charge in [0.1, 0.15) is 11.2 Å². The first-order valence-electron chi connectivity index (χ1n) is 21.6. The Kier molecular flexibility index (Phi) is 8.73. The number of furan rings is 1. The Labute approximate surface area is 378 Å². The molecule has 0 radical (unpaired) electrons. The fraction of sp³-hybridized carbons (Fsp3) is 0.0357. The molecule has 2 aliphatic heterocycles. The first kappa shape index (κ1) is 37.3. The maximum absolute atomic E-state index is 6.20. The van der Waals surface area contributed by atoms with E-state index >= 15 is 0 Å². The molecule has 13 rings (SSSR count). The van der Waals surface area contributed by atoms with Gasteiger partial charge in [0.2, 0.25) is 0 Å². The van der Waals surface area contributed by atoms with Crippen LogP contribution in [0.3, 0.4) is 0 Å². The molecule has 0 fully saturated rings. The molecule has 0 saturated carbocycles. The van der Waals surface area contributed by atoms with Gasteiger partial charge in [0, 0.05) is 54.7 Å². The van der Waals surface area contributed by atoms with Gasteiger partial charge in [0.15, 0.2) is 34.9 Å². The van der Waals surface area contributed by atoms with Gasteiger partial charge in [-0.15, -0.1) is 11.8 Å². The van der Waals surface area contributed by atoms with E-state index in [0.29, 0.717) is 34.9 Å². The van der Waals surface area contributed by atoms with Crippen molar-refractivity contribution in [3.63, 3.8) is 0 Å². The van der Waals surface area contributed by atoms with E-state index < -0.39 is 0 Å². The monoisotopic (exact) mass is 853 g/mol. The molecule has 8 aromatic carbocycles. The Morgan fingerprint density at radius 3 is 1.52 bits per heavy atom. The molecular formula is C56H35N7OS. The van der Waals surface area contributed by atoms with Gasteiger partial charge in [0.05, 0.1) is 17.0 Å². The predicted octanol–water partition coefficient (Wildman–Crippen LogP) is 14.0. The van der Waals surface area contributed by atoms with E-state index in [2.05, 4.69) is 83.8 Å². The van der Waals surface area contributed by atoms with Gasteiger partial charge in [-0.25, -0.2) is 29.9 Å². The Hall–Kier alpha value is -8.27. The maximum Gasteiger partial charge on any atom is 0.166 e. The van der Waals surface area contributed by atoms with E-state index in [0.717, 1.165) is 66.7 Å². The summed E-state index contributed by atoms with van der Waals surface area (Å²) in [5, 5.41) is 2.25. The zero-order chi connectivity index (χ0) is 42.8. The van der Waals surface area contributed by atoms with Gasteiger partial charge in [-0.1, -0.05) is 146 Å². The van der Waals surface area contributed by atoms with Crippen LogP contribution in [0.2, 0.25) is 0 Å². The van der Waals surface area contributed by atoms with Crippen LogP contribution in [-0.2, 0) is 0 Å². The number of aromatic nitrogens is 6. The molecule has 5 heterocycles. The number of hydrogen-bond acceptors (Lipinski definition) is 9. The summed E-state index contributed by atoms with van der Waals surface area (Å²) in [5.74, 6) is 3.37. The summed E-state index contributed by atoms with van der Waals surface area (Å²) in [6.07, 6.45) is 0. The summed E-state index contributed by atoms with van der Waals surface area (Å²) in [7, 11) is 0. The average Bonchev–Trinajstić information content (AvgIpc) is 4.05. The number of hydrogen-bond donors (Lipinski definition) is 0. The highest BCUT2D eigenvalue weighted by atomic mass is 32.2. The van der Waals surface area contributed by atoms with Crippen molar-refractivity contribution >= 4 is 45.1 Å². The van der Waals surface area contributed by atoms with Crippen molar-refractivity contribution in [3.05, 3.63) is 211 Å². The van der Waals surface area contributed by atoms with Crippen molar-refractivity contribution < 1.29 is 4.42 Å². The topological polar surface area (TPSA) is 93.7 Å². The van der Waals surface area contributed by atoms with Crippen LogP contribution in [-0.4, -0.2) is 29.9 Å². The molecule has 0 saturated heterocycles. The van der Waals surface area contributed by atoms with Crippen LogP contribution in [0.4, 0.5) is 11.4 Å². The van der Waals surface area contributed by atoms with E-state index in [9.17, 15) is 0 Å². The summed E-state index contributed by atoms with van der Waals surface area (Å²) in [6.45, 7) is 0. The lowest BCUT2D eigenvalue weighted by atomic mass is 10.0. The van der Waals surface area contributed by atoms with Crippen LogP contribution in [0, 0.1) is 0 Å². The smallest absolute Gasteiger partial charge is 0.166 e. The van der Waals surface area contributed by atoms with E-state index in [-0.39, 0.29) is 11.3 Å². The molecule has 11 aromatic rings. The number of fused-ring (bicyclic) bond motifs is 8. The maximum atomic E-state index is 6.20. The first-order chi connectivity index (χ1) is 32.2. The molecule has 0 spiro atoms. The third-order valence-electron chi connectivity index (χ3n) is 12.3. The first-order valence-corrected chi connectivity index (χ1v) is 22.5. The molecule has 306 valence electrons. The summed E-state index contributed by atoms with van der Waals surface area (Å²) < 4.78 is 6.20. The van der Waals surface area contributed by atoms with E-state index in [1.165, 1.54) is 16.0 Å². The number of para-hydroxylation sites is 2. The third-order valence-corrected chi connectivity index (χ3v) is 13.7. The molecule has 0 N–H and O–H groups in total. The molecule has 2 unspecified atom stereocenters. The fourth-order valence-electron chi connectivity index (χ4n) is 9.29. The highest BCUT2D eigenvalue weighted by molar-refractivity contribution is 8.00. The quantitative estimate of drug-likeness (QED) is 0.155. The van der Waals surface area contributed by atoms with Gasteiger partial charge < -0.3 is 9.32 Å². The lowest BCUT2D eigenvalue weighted by Gasteiger charge is -2.30. The Bertz CT molecular complexity index is 3560. The van der Waals surface area contributed by atoms with Crippen molar-refractivity contribution in [2.24, 2.45) is 0 Å². The van der Waals surface area contributed by atoms with Crippen LogP contribution >= 0.6 is 11.8 Å². The summed E-state index contributed by atoms with van der Waals surface area (Å²) >= 11 is 1.93. The molecule has 2 aliphatic rings. The number of anilines is 2. The Balaban J connectivity index is 1.06. The van der Waals surface area contributed by atoms with Gasteiger partial charge >= 0.3 is 0 Å². The van der Waals surface area contributed by atoms with Gasteiger partial charge in [-0.2, -0.15) is 0 Å². The average molecular weight is 854 g/mol. The molecule has 0 bridgehead atoms. The van der Waals surface area contributed by atoms with Crippen LogP contribution in [0.15, 0.2) is 210 Å². The highest BCUT2D eigenvalue weighted by Crippen LogP contribution is 2.65. The SMILES string of the molecule is c1ccc(-c2nc(-c3ccc(N4c5ccccc5C5Sc6ccccc6C54)c(-c4nc(-c5ccccc5)nc(-c5ccccc5)n4)c3)nc(-c3ccc4oc5ccccc5c4c3)n2)cc1. The predicted molar refractivity (Wildman–Crippen MR) is 259 cm³/mol. The molecule has 8 nitrogen and oxygen atoms in total. The zero-order valence-corrected chi connectivity index (χ0v) is 35.5. The minimum atomic E-state index is 0.0459. The second-order valence-electron chi connectivity index (χ2n) is 16.2. The number of benzene rings is 8. The lowest BCUT2D eigenvalue weighted by molar-refractivity contribution is 0.669. The van der Waals surface area contributed by atoms with Crippen molar-refractivity contribution in [2.75, 3.05) is 4.90 Å². The lowest BCUT2D eigenvalue weighted by Crippen LogP contribution is -2.20. The van der Waals surface area contributed by atoms with E-state index in [1.54, 1.807) is 0 Å². The van der Waals surface area contributed by atoms with Crippen LogP contribution in [0.1, 0.15) is 22.4 Å². The number of thioether (sulfide) groups is 1. The van der Waals surface area contributed by atoms with Crippen LogP contribution in [0.25, 0.3) is 90.3 Å². The zero-order valence-electron chi connectivity index (χ0n) is 34.7. The highest BCUT2D eigenvalue weighted by Gasteiger charge is 2.46. The summed E-state index contributed by atoms with van der Waals surface area (Å²) in [4.78, 5) is 35.1. The summed E-state index contributed by atoms with van der Waals surface area (Å²) in [6, 6.07) is 68.6. The molecule has 0 amide bonds. The molecule has 3 aromatic heterocycles. The third kappa shape index (κ3) is 6.39. The normalized spacial score (nSPS) is 15.0. The summed E-state index contributed by atoms with van der Waals surface area (Å²) in [5.41, 5.74) is 11.6.